The molecule has 0 amide bonds. The van der Waals surface area contributed by atoms with E-state index in [0.29, 0.717) is 24.3 Å². The topological polar surface area (TPSA) is 37.4 Å². The molecule has 1 aromatic carbocycles. The maximum atomic E-state index is 12.2. The van der Waals surface area contributed by atoms with Crippen LogP contribution in [0, 0.1) is 11.8 Å². The van der Waals surface area contributed by atoms with Gasteiger partial charge in [-0.15, -0.1) is 11.6 Å². The smallest absolute Gasteiger partial charge is 0.212 e. The lowest BCUT2D eigenvalue weighted by Gasteiger charge is -2.17. The zero-order valence-corrected chi connectivity index (χ0v) is 12.9. The number of sulfonamides is 1. The van der Waals surface area contributed by atoms with Gasteiger partial charge in [0, 0.05) is 19.5 Å². The van der Waals surface area contributed by atoms with Gasteiger partial charge in [-0.2, -0.15) is 0 Å². The summed E-state index contributed by atoms with van der Waals surface area (Å²) in [5.74, 6) is 1.72. The standard InChI is InChI=1S/C14H20ClNO2S/c1-11-7-14(11)9-16(2)19(17,18)10-13-5-3-12(8-15)4-6-13/h3-6,11,14H,7-10H2,1-2H3. The van der Waals surface area contributed by atoms with E-state index >= 15 is 0 Å². The Balaban J connectivity index is 1.98. The minimum Gasteiger partial charge on any atom is -0.212 e. The summed E-state index contributed by atoms with van der Waals surface area (Å²) in [6, 6.07) is 7.42. The first-order chi connectivity index (χ1) is 8.92. The van der Waals surface area contributed by atoms with Crippen LogP contribution in [0.15, 0.2) is 24.3 Å². The Hall–Kier alpha value is -0.580. The van der Waals surface area contributed by atoms with E-state index in [2.05, 4.69) is 6.92 Å². The molecular formula is C14H20ClNO2S. The largest absolute Gasteiger partial charge is 0.218 e. The molecule has 2 rings (SSSR count). The summed E-state index contributed by atoms with van der Waals surface area (Å²) >= 11 is 5.71. The first kappa shape index (κ1) is 14.8. The number of hydrogen-bond acceptors (Lipinski definition) is 2. The normalized spacial score (nSPS) is 22.7. The predicted octanol–water partition coefficient (Wildman–Crippen LogP) is 2.84. The molecule has 5 heteroatoms. The van der Waals surface area contributed by atoms with Crippen LogP contribution in [0.2, 0.25) is 0 Å². The Kier molecular flexibility index (Phi) is 4.54. The zero-order chi connectivity index (χ0) is 14.0. The van der Waals surface area contributed by atoms with Crippen molar-refractivity contribution in [2.24, 2.45) is 11.8 Å². The van der Waals surface area contributed by atoms with Crippen molar-refractivity contribution < 1.29 is 8.42 Å². The second kappa shape index (κ2) is 5.81. The molecule has 1 fully saturated rings. The molecule has 2 atom stereocenters. The lowest BCUT2D eigenvalue weighted by atomic mass is 10.2. The van der Waals surface area contributed by atoms with Gasteiger partial charge in [0.2, 0.25) is 10.0 Å². The highest BCUT2D eigenvalue weighted by Gasteiger charge is 2.35. The van der Waals surface area contributed by atoms with Gasteiger partial charge < -0.3 is 0 Å². The van der Waals surface area contributed by atoms with Gasteiger partial charge in [-0.3, -0.25) is 0 Å². The summed E-state index contributed by atoms with van der Waals surface area (Å²) in [5.41, 5.74) is 1.81. The monoisotopic (exact) mass is 301 g/mol. The third-order valence-corrected chi connectivity index (χ3v) is 5.87. The van der Waals surface area contributed by atoms with Crippen LogP contribution in [0.4, 0.5) is 0 Å². The fraction of sp³-hybridized carbons (Fsp3) is 0.571. The van der Waals surface area contributed by atoms with Gasteiger partial charge in [0.25, 0.3) is 0 Å². The number of alkyl halides is 1. The van der Waals surface area contributed by atoms with Crippen LogP contribution in [-0.2, 0) is 21.7 Å². The van der Waals surface area contributed by atoms with Crippen molar-refractivity contribution in [2.45, 2.75) is 25.0 Å². The Morgan fingerprint density at radius 1 is 1.26 bits per heavy atom. The number of benzene rings is 1. The second-order valence-electron chi connectivity index (χ2n) is 5.46. The molecule has 2 unspecified atom stereocenters. The molecule has 0 N–H and O–H groups in total. The highest BCUT2D eigenvalue weighted by Crippen LogP contribution is 2.38. The van der Waals surface area contributed by atoms with Crippen LogP contribution in [0.5, 0.6) is 0 Å². The summed E-state index contributed by atoms with van der Waals surface area (Å²) < 4.78 is 25.9. The third kappa shape index (κ3) is 3.94. The van der Waals surface area contributed by atoms with E-state index in [4.69, 9.17) is 11.6 Å². The summed E-state index contributed by atoms with van der Waals surface area (Å²) in [6.45, 7) is 2.80. The van der Waals surface area contributed by atoms with Gasteiger partial charge in [0.15, 0.2) is 0 Å². The van der Waals surface area contributed by atoms with Crippen LogP contribution in [-0.4, -0.2) is 26.3 Å². The van der Waals surface area contributed by atoms with Gasteiger partial charge in [0.05, 0.1) is 5.75 Å². The molecular weight excluding hydrogens is 282 g/mol. The molecule has 19 heavy (non-hydrogen) atoms. The Labute approximate surface area is 120 Å². The fourth-order valence-electron chi connectivity index (χ4n) is 2.14. The van der Waals surface area contributed by atoms with E-state index in [1.54, 1.807) is 7.05 Å². The van der Waals surface area contributed by atoms with E-state index in [-0.39, 0.29) is 5.75 Å². The van der Waals surface area contributed by atoms with Gasteiger partial charge in [-0.1, -0.05) is 31.2 Å². The molecule has 0 radical (unpaired) electrons. The van der Waals surface area contributed by atoms with Crippen molar-refractivity contribution in [1.29, 1.82) is 0 Å². The maximum absolute atomic E-state index is 12.2. The Morgan fingerprint density at radius 3 is 2.26 bits per heavy atom. The Morgan fingerprint density at radius 2 is 1.79 bits per heavy atom. The van der Waals surface area contributed by atoms with Crippen molar-refractivity contribution in [1.82, 2.24) is 4.31 Å². The number of halogens is 1. The summed E-state index contributed by atoms with van der Waals surface area (Å²) in [7, 11) is -1.54. The van der Waals surface area contributed by atoms with Crippen LogP contribution >= 0.6 is 11.6 Å². The van der Waals surface area contributed by atoms with Gasteiger partial charge >= 0.3 is 0 Å². The molecule has 3 nitrogen and oxygen atoms in total. The molecule has 0 aliphatic heterocycles. The number of hydrogen-bond donors (Lipinski definition) is 0. The molecule has 1 aliphatic carbocycles. The average molecular weight is 302 g/mol. The van der Waals surface area contributed by atoms with Crippen molar-refractivity contribution >= 4 is 21.6 Å². The summed E-state index contributed by atoms with van der Waals surface area (Å²) in [5, 5.41) is 0. The van der Waals surface area contributed by atoms with E-state index in [0.717, 1.165) is 17.5 Å². The van der Waals surface area contributed by atoms with Crippen LogP contribution in [0.1, 0.15) is 24.5 Å². The van der Waals surface area contributed by atoms with Crippen LogP contribution in [0.3, 0.4) is 0 Å². The molecule has 1 aromatic rings. The molecule has 1 aliphatic rings. The molecule has 0 bridgehead atoms. The van der Waals surface area contributed by atoms with E-state index in [1.807, 2.05) is 24.3 Å². The minimum atomic E-state index is -3.21. The molecule has 106 valence electrons. The Bertz CT molecular complexity index is 527. The third-order valence-electron chi connectivity index (χ3n) is 3.77. The first-order valence-corrected chi connectivity index (χ1v) is 8.64. The predicted molar refractivity (Wildman–Crippen MR) is 78.5 cm³/mol. The van der Waals surface area contributed by atoms with Crippen LogP contribution < -0.4 is 0 Å². The molecule has 1 saturated carbocycles. The average Bonchev–Trinajstić information content (AvgIpc) is 3.05. The summed E-state index contributed by atoms with van der Waals surface area (Å²) in [6.07, 6.45) is 1.14. The fourth-order valence-corrected chi connectivity index (χ4v) is 3.57. The van der Waals surface area contributed by atoms with Crippen molar-refractivity contribution in [2.75, 3.05) is 13.6 Å². The second-order valence-corrected chi connectivity index (χ2v) is 7.80. The quantitative estimate of drug-likeness (QED) is 0.758. The zero-order valence-electron chi connectivity index (χ0n) is 11.3. The van der Waals surface area contributed by atoms with Gasteiger partial charge in [-0.05, 0) is 29.4 Å². The highest BCUT2D eigenvalue weighted by atomic mass is 35.5. The number of rotatable bonds is 6. The first-order valence-electron chi connectivity index (χ1n) is 6.50. The molecule has 0 saturated heterocycles. The van der Waals surface area contributed by atoms with Crippen LogP contribution in [0.25, 0.3) is 0 Å². The SMILES string of the molecule is CC1CC1CN(C)S(=O)(=O)Cc1ccc(CCl)cc1. The van der Waals surface area contributed by atoms with Gasteiger partial charge in [0.1, 0.15) is 0 Å². The lowest BCUT2D eigenvalue weighted by molar-refractivity contribution is 0.444. The maximum Gasteiger partial charge on any atom is 0.218 e. The number of nitrogens with zero attached hydrogens (tertiary/aromatic N) is 1. The lowest BCUT2D eigenvalue weighted by Crippen LogP contribution is -2.30. The van der Waals surface area contributed by atoms with E-state index in [1.165, 1.54) is 4.31 Å². The van der Waals surface area contributed by atoms with E-state index in [9.17, 15) is 8.42 Å². The van der Waals surface area contributed by atoms with Crippen molar-refractivity contribution in [3.05, 3.63) is 35.4 Å². The minimum absolute atomic E-state index is 0.0627. The highest BCUT2D eigenvalue weighted by molar-refractivity contribution is 7.88. The molecule has 0 aromatic heterocycles. The molecule has 0 heterocycles. The van der Waals surface area contributed by atoms with E-state index < -0.39 is 10.0 Å². The molecule has 0 spiro atoms. The van der Waals surface area contributed by atoms with Gasteiger partial charge in [-0.25, -0.2) is 12.7 Å². The van der Waals surface area contributed by atoms with Crippen molar-refractivity contribution in [3.8, 4) is 0 Å². The van der Waals surface area contributed by atoms with Crippen molar-refractivity contribution in [3.63, 3.8) is 0 Å². The summed E-state index contributed by atoms with van der Waals surface area (Å²) in [4.78, 5) is 0.